The molecule has 2 heterocycles. The summed E-state index contributed by atoms with van der Waals surface area (Å²) in [6.07, 6.45) is 0.983. The minimum absolute atomic E-state index is 0.0468. The molecule has 0 aromatic heterocycles. The zero-order valence-corrected chi connectivity index (χ0v) is 8.77. The van der Waals surface area contributed by atoms with Crippen LogP contribution < -0.4 is 5.32 Å². The van der Waals surface area contributed by atoms with Crippen LogP contribution in [0.4, 0.5) is 0 Å². The van der Waals surface area contributed by atoms with Gasteiger partial charge in [-0.2, -0.15) is 0 Å². The number of benzene rings is 1. The van der Waals surface area contributed by atoms with Crippen molar-refractivity contribution in [2.75, 3.05) is 13.7 Å². The average Bonchev–Trinajstić information content (AvgIpc) is 2.30. The Hall–Kier alpha value is -0.900. The van der Waals surface area contributed by atoms with E-state index >= 15 is 0 Å². The molecular weight excluding hydrogens is 190 g/mol. The number of hydrogen-bond acceptors (Lipinski definition) is 3. The Morgan fingerprint density at radius 2 is 2.20 bits per heavy atom. The van der Waals surface area contributed by atoms with E-state index in [-0.39, 0.29) is 18.4 Å². The maximum Gasteiger partial charge on any atom is 0.162 e. The Morgan fingerprint density at radius 1 is 1.33 bits per heavy atom. The maximum atomic E-state index is 5.87. The molecule has 1 saturated heterocycles. The molecule has 80 valence electrons. The molecule has 2 aliphatic heterocycles. The largest absolute Gasteiger partial charge is 0.351 e. The fourth-order valence-electron chi connectivity index (χ4n) is 2.41. The van der Waals surface area contributed by atoms with Gasteiger partial charge in [0.25, 0.3) is 0 Å². The first-order valence-electron chi connectivity index (χ1n) is 5.40. The molecule has 3 atom stereocenters. The van der Waals surface area contributed by atoms with Crippen molar-refractivity contribution in [3.63, 3.8) is 0 Å². The fourth-order valence-corrected chi connectivity index (χ4v) is 2.41. The highest BCUT2D eigenvalue weighted by molar-refractivity contribution is 5.32. The number of ether oxygens (including phenoxy) is 2. The van der Waals surface area contributed by atoms with E-state index in [0.717, 1.165) is 13.0 Å². The number of fused-ring (bicyclic) bond motifs is 4. The van der Waals surface area contributed by atoms with E-state index in [4.69, 9.17) is 9.47 Å². The molecule has 3 rings (SSSR count). The smallest absolute Gasteiger partial charge is 0.162 e. The van der Waals surface area contributed by atoms with Crippen LogP contribution in [-0.4, -0.2) is 26.0 Å². The van der Waals surface area contributed by atoms with Crippen molar-refractivity contribution in [3.8, 4) is 0 Å². The second kappa shape index (κ2) is 3.59. The number of hydrogen-bond donors (Lipinski definition) is 1. The average molecular weight is 205 g/mol. The quantitative estimate of drug-likeness (QED) is 0.748. The lowest BCUT2D eigenvalue weighted by atomic mass is 9.91. The van der Waals surface area contributed by atoms with Crippen molar-refractivity contribution in [2.45, 2.75) is 24.9 Å². The van der Waals surface area contributed by atoms with Crippen LogP contribution in [0.3, 0.4) is 0 Å². The second-order valence-electron chi connectivity index (χ2n) is 4.12. The van der Waals surface area contributed by atoms with Gasteiger partial charge < -0.3 is 14.8 Å². The lowest BCUT2D eigenvalue weighted by Gasteiger charge is -2.41. The highest BCUT2D eigenvalue weighted by atomic mass is 16.7. The van der Waals surface area contributed by atoms with Gasteiger partial charge in [0.05, 0.1) is 12.6 Å². The number of rotatable bonds is 1. The highest BCUT2D eigenvalue weighted by Gasteiger charge is 2.37. The summed E-state index contributed by atoms with van der Waals surface area (Å²) in [7, 11) is 1.95. The zero-order valence-electron chi connectivity index (χ0n) is 8.77. The van der Waals surface area contributed by atoms with Crippen molar-refractivity contribution in [1.82, 2.24) is 5.32 Å². The summed E-state index contributed by atoms with van der Waals surface area (Å²) in [6.45, 7) is 0.736. The van der Waals surface area contributed by atoms with Crippen LogP contribution in [0.5, 0.6) is 0 Å². The summed E-state index contributed by atoms with van der Waals surface area (Å²) in [4.78, 5) is 0. The monoisotopic (exact) mass is 205 g/mol. The first kappa shape index (κ1) is 9.33. The molecular formula is C12H15NO2. The molecule has 3 nitrogen and oxygen atoms in total. The highest BCUT2D eigenvalue weighted by Crippen LogP contribution is 2.36. The molecule has 2 bridgehead atoms. The van der Waals surface area contributed by atoms with Gasteiger partial charge in [0, 0.05) is 6.42 Å². The normalized spacial score (nSPS) is 33.5. The van der Waals surface area contributed by atoms with Crippen LogP contribution in [0, 0.1) is 0 Å². The van der Waals surface area contributed by atoms with Gasteiger partial charge in [-0.05, 0) is 18.2 Å². The van der Waals surface area contributed by atoms with E-state index in [2.05, 4.69) is 29.6 Å². The Kier molecular flexibility index (Phi) is 2.24. The topological polar surface area (TPSA) is 30.5 Å². The molecule has 2 aliphatic rings. The molecule has 1 aromatic rings. The van der Waals surface area contributed by atoms with Gasteiger partial charge in [-0.3, -0.25) is 0 Å². The third-order valence-corrected chi connectivity index (χ3v) is 3.24. The van der Waals surface area contributed by atoms with Crippen LogP contribution in [0.15, 0.2) is 24.3 Å². The van der Waals surface area contributed by atoms with E-state index in [1.54, 1.807) is 0 Å². The molecule has 0 amide bonds. The minimum Gasteiger partial charge on any atom is -0.351 e. The summed E-state index contributed by atoms with van der Waals surface area (Å²) in [6, 6.07) is 8.74. The lowest BCUT2D eigenvalue weighted by molar-refractivity contribution is -0.232. The molecule has 1 N–H and O–H groups in total. The third-order valence-electron chi connectivity index (χ3n) is 3.24. The zero-order chi connectivity index (χ0) is 10.3. The Labute approximate surface area is 89.4 Å². The van der Waals surface area contributed by atoms with Crippen LogP contribution >= 0.6 is 0 Å². The first-order valence-corrected chi connectivity index (χ1v) is 5.40. The molecule has 3 heteroatoms. The van der Waals surface area contributed by atoms with E-state index < -0.39 is 0 Å². The number of nitrogens with one attached hydrogen (secondary N) is 1. The molecule has 0 spiro atoms. The Balaban J connectivity index is 2.01. The SMILES string of the molecule is CN[C@H]1CO[C@H]2Cc3ccccc3[C@@H]1O2. The van der Waals surface area contributed by atoms with Gasteiger partial charge in [-0.25, -0.2) is 0 Å². The fraction of sp³-hybridized carbons (Fsp3) is 0.500. The van der Waals surface area contributed by atoms with Gasteiger partial charge in [-0.1, -0.05) is 24.3 Å². The van der Waals surface area contributed by atoms with Crippen LogP contribution in [0.2, 0.25) is 0 Å². The third kappa shape index (κ3) is 1.47. The summed E-state index contributed by atoms with van der Waals surface area (Å²) in [5, 5.41) is 3.25. The van der Waals surface area contributed by atoms with Gasteiger partial charge in [-0.15, -0.1) is 0 Å². The second-order valence-corrected chi connectivity index (χ2v) is 4.12. The summed E-state index contributed by atoms with van der Waals surface area (Å²) < 4.78 is 11.5. The predicted molar refractivity (Wildman–Crippen MR) is 56.6 cm³/mol. The van der Waals surface area contributed by atoms with Gasteiger partial charge in [0.2, 0.25) is 0 Å². The van der Waals surface area contributed by atoms with E-state index in [9.17, 15) is 0 Å². The Bertz CT molecular complexity index is 366. The lowest BCUT2D eigenvalue weighted by Crippen LogP contribution is -2.48. The van der Waals surface area contributed by atoms with E-state index in [0.29, 0.717) is 0 Å². The Morgan fingerprint density at radius 3 is 3.07 bits per heavy atom. The van der Waals surface area contributed by atoms with Gasteiger partial charge in [0.15, 0.2) is 6.29 Å². The molecule has 0 unspecified atom stereocenters. The summed E-state index contributed by atoms with van der Waals surface area (Å²) in [5.74, 6) is 0. The predicted octanol–water partition coefficient (Wildman–Crippen LogP) is 1.24. The van der Waals surface area contributed by atoms with Crippen LogP contribution in [0.25, 0.3) is 0 Å². The van der Waals surface area contributed by atoms with Crippen molar-refractivity contribution in [2.24, 2.45) is 0 Å². The van der Waals surface area contributed by atoms with Crippen LogP contribution in [0.1, 0.15) is 17.2 Å². The maximum absolute atomic E-state index is 5.87. The molecule has 0 saturated carbocycles. The molecule has 1 aromatic carbocycles. The summed E-state index contributed by atoms with van der Waals surface area (Å²) in [5.41, 5.74) is 2.68. The number of likely N-dealkylation sites (N-methyl/N-ethyl adjacent to an activating group) is 1. The van der Waals surface area contributed by atoms with Crippen molar-refractivity contribution < 1.29 is 9.47 Å². The molecule has 0 aliphatic carbocycles. The molecule has 0 radical (unpaired) electrons. The van der Waals surface area contributed by atoms with Gasteiger partial charge >= 0.3 is 0 Å². The first-order chi connectivity index (χ1) is 7.38. The van der Waals surface area contributed by atoms with Crippen molar-refractivity contribution in [3.05, 3.63) is 35.4 Å². The standard InChI is InChI=1S/C12H15NO2/c1-13-10-7-14-11-6-8-4-2-3-5-9(8)12(10)15-11/h2-5,10-13H,6-7H2,1H3/t10-,11+,12-/m0/s1. The van der Waals surface area contributed by atoms with Crippen molar-refractivity contribution >= 4 is 0 Å². The van der Waals surface area contributed by atoms with E-state index in [1.807, 2.05) is 7.05 Å². The van der Waals surface area contributed by atoms with Crippen molar-refractivity contribution in [1.29, 1.82) is 0 Å². The summed E-state index contributed by atoms with van der Waals surface area (Å²) >= 11 is 0. The van der Waals surface area contributed by atoms with Gasteiger partial charge in [0.1, 0.15) is 6.10 Å². The molecule has 15 heavy (non-hydrogen) atoms. The molecule has 1 fully saturated rings. The van der Waals surface area contributed by atoms with Crippen LogP contribution in [-0.2, 0) is 15.9 Å². The van der Waals surface area contributed by atoms with E-state index in [1.165, 1.54) is 11.1 Å². The minimum atomic E-state index is -0.0468.